The van der Waals surface area contributed by atoms with Gasteiger partial charge in [0.15, 0.2) is 0 Å². The summed E-state index contributed by atoms with van der Waals surface area (Å²) in [5.41, 5.74) is 2.06. The highest BCUT2D eigenvalue weighted by Gasteiger charge is 2.51. The molecule has 5 heterocycles. The van der Waals surface area contributed by atoms with Gasteiger partial charge >= 0.3 is 5.97 Å². The molecule has 11 heteroatoms. The van der Waals surface area contributed by atoms with Crippen molar-refractivity contribution in [1.29, 1.82) is 0 Å². The maximum absolute atomic E-state index is 13.1. The molecule has 1 atom stereocenters. The van der Waals surface area contributed by atoms with Crippen LogP contribution in [0.2, 0.25) is 0 Å². The fraction of sp³-hybridized carbons (Fsp3) is 0.500. The van der Waals surface area contributed by atoms with Gasteiger partial charge in [-0.25, -0.2) is 27.4 Å². The maximum Gasteiger partial charge on any atom is 0.372 e. The number of piperidine rings is 1. The van der Waals surface area contributed by atoms with Gasteiger partial charge in [-0.2, -0.15) is 0 Å². The van der Waals surface area contributed by atoms with Crippen LogP contribution in [0.5, 0.6) is 0 Å². The lowest BCUT2D eigenvalue weighted by molar-refractivity contribution is -0.158. The molecule has 10 nitrogen and oxygen atoms in total. The summed E-state index contributed by atoms with van der Waals surface area (Å²) in [6.45, 7) is 3.27. The molecule has 0 saturated carbocycles. The minimum atomic E-state index is -3.42. The van der Waals surface area contributed by atoms with Crippen LogP contribution in [0.15, 0.2) is 36.5 Å². The molecule has 5 rings (SSSR count). The van der Waals surface area contributed by atoms with Crippen LogP contribution < -0.4 is 5.32 Å². The van der Waals surface area contributed by atoms with Crippen LogP contribution in [0.3, 0.4) is 0 Å². The van der Waals surface area contributed by atoms with E-state index in [1.165, 1.54) is 11.8 Å². The standard InChI is InChI=1S/C20H25N5O5S/c1-20(23-10-17(30-20)19(26)27)24-11-14(12-24)31(28,29)25-7-4-13(5-8-25)16-9-22-18-15(16)3-2-6-21-18/h2-3,6,9-10,13-14,23H,4-5,7-8,11-12H2,1H3,(H,21,22)(H,26,27). The highest BCUT2D eigenvalue weighted by molar-refractivity contribution is 7.89. The van der Waals surface area contributed by atoms with E-state index in [1.807, 2.05) is 18.3 Å². The third-order valence-corrected chi connectivity index (χ3v) is 8.83. The van der Waals surface area contributed by atoms with Crippen molar-refractivity contribution >= 4 is 27.0 Å². The van der Waals surface area contributed by atoms with Crippen molar-refractivity contribution in [2.75, 3.05) is 26.2 Å². The van der Waals surface area contributed by atoms with E-state index in [0.29, 0.717) is 32.1 Å². The van der Waals surface area contributed by atoms with Crippen LogP contribution in [0.25, 0.3) is 11.0 Å². The van der Waals surface area contributed by atoms with Crippen LogP contribution in [0.1, 0.15) is 31.2 Å². The van der Waals surface area contributed by atoms with Gasteiger partial charge in [-0.3, -0.25) is 0 Å². The summed E-state index contributed by atoms with van der Waals surface area (Å²) in [6, 6.07) is 3.96. The van der Waals surface area contributed by atoms with E-state index in [2.05, 4.69) is 15.3 Å². The van der Waals surface area contributed by atoms with Crippen molar-refractivity contribution in [1.82, 2.24) is 24.5 Å². The number of hydrogen-bond acceptors (Lipinski definition) is 7. The molecular formula is C20H25N5O5S. The zero-order valence-electron chi connectivity index (χ0n) is 17.1. The predicted octanol–water partition coefficient (Wildman–Crippen LogP) is 0.976. The van der Waals surface area contributed by atoms with E-state index in [4.69, 9.17) is 9.84 Å². The number of aromatic nitrogens is 2. The van der Waals surface area contributed by atoms with Gasteiger partial charge in [0.2, 0.25) is 21.6 Å². The molecule has 0 amide bonds. The van der Waals surface area contributed by atoms with Gasteiger partial charge in [-0.15, -0.1) is 0 Å². The zero-order valence-corrected chi connectivity index (χ0v) is 17.9. The molecule has 2 saturated heterocycles. The molecule has 2 aromatic heterocycles. The van der Waals surface area contributed by atoms with Gasteiger partial charge in [0.25, 0.3) is 0 Å². The zero-order chi connectivity index (χ0) is 21.8. The lowest BCUT2D eigenvalue weighted by Crippen LogP contribution is -2.68. The summed E-state index contributed by atoms with van der Waals surface area (Å²) in [4.78, 5) is 20.4. The van der Waals surface area contributed by atoms with E-state index < -0.39 is 27.1 Å². The van der Waals surface area contributed by atoms with E-state index in [1.54, 1.807) is 22.3 Å². The number of nitrogens with zero attached hydrogens (tertiary/aromatic N) is 3. The average Bonchev–Trinajstić information content (AvgIpc) is 3.31. The Kier molecular flexibility index (Phi) is 4.72. The highest BCUT2D eigenvalue weighted by Crippen LogP contribution is 2.36. The van der Waals surface area contributed by atoms with Crippen LogP contribution in [-0.2, 0) is 19.6 Å². The summed E-state index contributed by atoms with van der Waals surface area (Å²) in [7, 11) is -3.42. The third kappa shape index (κ3) is 3.36. The lowest BCUT2D eigenvalue weighted by atomic mass is 9.90. The molecule has 166 valence electrons. The molecule has 0 bridgehead atoms. The first kappa shape index (κ1) is 20.3. The van der Waals surface area contributed by atoms with Gasteiger partial charge in [-0.05, 0) is 36.5 Å². The van der Waals surface area contributed by atoms with Crippen molar-refractivity contribution in [3.63, 3.8) is 0 Å². The van der Waals surface area contributed by atoms with Gasteiger partial charge in [-0.1, -0.05) is 0 Å². The molecule has 2 fully saturated rings. The van der Waals surface area contributed by atoms with E-state index >= 15 is 0 Å². The highest BCUT2D eigenvalue weighted by atomic mass is 32.2. The fourth-order valence-corrected chi connectivity index (χ4v) is 6.53. The van der Waals surface area contributed by atoms with Gasteiger partial charge in [0, 0.05) is 50.9 Å². The average molecular weight is 448 g/mol. The number of aromatic amines is 1. The summed E-state index contributed by atoms with van der Waals surface area (Å²) < 4.78 is 33.3. The molecule has 0 aromatic carbocycles. The first-order chi connectivity index (χ1) is 14.8. The first-order valence-corrected chi connectivity index (χ1v) is 11.8. The third-order valence-electron chi connectivity index (χ3n) is 6.60. The molecule has 0 spiro atoms. The number of H-pyrrole nitrogens is 1. The molecule has 2 aromatic rings. The number of carboxylic acids is 1. The Hall–Kier alpha value is -2.63. The van der Waals surface area contributed by atoms with Crippen molar-refractivity contribution < 1.29 is 23.1 Å². The minimum Gasteiger partial charge on any atom is -0.475 e. The summed E-state index contributed by atoms with van der Waals surface area (Å²) in [6.07, 6.45) is 6.59. The van der Waals surface area contributed by atoms with Crippen molar-refractivity contribution in [2.24, 2.45) is 0 Å². The number of rotatable bonds is 5. The quantitative estimate of drug-likeness (QED) is 0.619. The molecule has 3 aliphatic rings. The SMILES string of the molecule is CC1(N2CC(S(=O)(=O)N3CCC(c4c[nH]c5ncccc45)CC3)C2)NC=C(C(=O)O)O1. The smallest absolute Gasteiger partial charge is 0.372 e. The van der Waals surface area contributed by atoms with Gasteiger partial charge in [0.1, 0.15) is 10.9 Å². The number of nitrogens with one attached hydrogen (secondary N) is 2. The van der Waals surface area contributed by atoms with Crippen LogP contribution in [-0.4, -0.2) is 75.9 Å². The molecule has 31 heavy (non-hydrogen) atoms. The van der Waals surface area contributed by atoms with Crippen molar-refractivity contribution in [2.45, 2.75) is 36.8 Å². The second kappa shape index (κ2) is 7.21. The number of carbonyl (C=O) groups is 1. The van der Waals surface area contributed by atoms with E-state index in [9.17, 15) is 13.2 Å². The van der Waals surface area contributed by atoms with Crippen LogP contribution in [0.4, 0.5) is 0 Å². The Bertz CT molecular complexity index is 1150. The lowest BCUT2D eigenvalue weighted by Gasteiger charge is -2.48. The Morgan fingerprint density at radius 1 is 1.32 bits per heavy atom. The van der Waals surface area contributed by atoms with Gasteiger partial charge < -0.3 is 20.1 Å². The number of ether oxygens (including phenoxy) is 1. The molecule has 1 unspecified atom stereocenters. The second-order valence-corrected chi connectivity index (χ2v) is 10.6. The summed E-state index contributed by atoms with van der Waals surface area (Å²) in [5, 5.41) is 12.5. The first-order valence-electron chi connectivity index (χ1n) is 10.3. The fourth-order valence-electron chi connectivity index (χ4n) is 4.66. The minimum absolute atomic E-state index is 0.177. The Morgan fingerprint density at radius 2 is 2.06 bits per heavy atom. The molecule has 3 N–H and O–H groups in total. The number of hydrogen-bond donors (Lipinski definition) is 3. The van der Waals surface area contributed by atoms with Gasteiger partial charge in [0.05, 0.1) is 6.20 Å². The maximum atomic E-state index is 13.1. The molecule has 3 aliphatic heterocycles. The topological polar surface area (TPSA) is 128 Å². The second-order valence-electron chi connectivity index (χ2n) is 8.43. The Balaban J connectivity index is 1.19. The largest absolute Gasteiger partial charge is 0.475 e. The van der Waals surface area contributed by atoms with Crippen molar-refractivity contribution in [3.8, 4) is 0 Å². The molecule has 0 aliphatic carbocycles. The Morgan fingerprint density at radius 3 is 2.74 bits per heavy atom. The molecule has 0 radical (unpaired) electrons. The predicted molar refractivity (Wildman–Crippen MR) is 112 cm³/mol. The van der Waals surface area contributed by atoms with E-state index in [-0.39, 0.29) is 5.76 Å². The summed E-state index contributed by atoms with van der Waals surface area (Å²) in [5.74, 6) is -2.06. The normalized spacial score (nSPS) is 26.3. The van der Waals surface area contributed by atoms with Crippen LogP contribution >= 0.6 is 0 Å². The number of pyridine rings is 1. The Labute approximate surface area is 179 Å². The number of likely N-dealkylation sites (tertiary alicyclic amines) is 1. The van der Waals surface area contributed by atoms with Crippen molar-refractivity contribution in [3.05, 3.63) is 42.0 Å². The number of carboxylic acid groups (broad SMARTS) is 1. The van der Waals surface area contributed by atoms with E-state index in [0.717, 1.165) is 23.9 Å². The summed E-state index contributed by atoms with van der Waals surface area (Å²) >= 11 is 0. The molecular weight excluding hydrogens is 422 g/mol. The monoisotopic (exact) mass is 447 g/mol. The van der Waals surface area contributed by atoms with Crippen LogP contribution in [0, 0.1) is 0 Å². The number of fused-ring (bicyclic) bond motifs is 1. The number of aliphatic carboxylic acids is 1. The number of sulfonamides is 1.